The van der Waals surface area contributed by atoms with E-state index in [4.69, 9.17) is 0 Å². The Labute approximate surface area is 92.6 Å². The highest BCUT2D eigenvalue weighted by atomic mass is 16.1. The van der Waals surface area contributed by atoms with Crippen LogP contribution in [0.3, 0.4) is 0 Å². The average molecular weight is 213 g/mol. The number of hydrogen-bond acceptors (Lipinski definition) is 3. The molecule has 0 spiro atoms. The van der Waals surface area contributed by atoms with Crippen LogP contribution in [0.4, 0.5) is 0 Å². The van der Waals surface area contributed by atoms with Crippen LogP contribution in [0.2, 0.25) is 0 Å². The topological polar surface area (TPSA) is 35.6 Å². The Bertz CT molecular complexity index is 179. The summed E-state index contributed by atoms with van der Waals surface area (Å²) in [7, 11) is 4.18. The van der Waals surface area contributed by atoms with Gasteiger partial charge in [0.05, 0.1) is 0 Å². The van der Waals surface area contributed by atoms with E-state index in [9.17, 15) is 4.79 Å². The van der Waals surface area contributed by atoms with Crippen molar-refractivity contribution in [2.45, 2.75) is 25.3 Å². The molecule has 4 heteroatoms. The smallest absolute Gasteiger partial charge is 0.209 e. The highest BCUT2D eigenvalue weighted by Crippen LogP contribution is 2.14. The van der Waals surface area contributed by atoms with Crippen LogP contribution in [0.5, 0.6) is 0 Å². The highest BCUT2D eigenvalue weighted by molar-refractivity contribution is 5.47. The van der Waals surface area contributed by atoms with Crippen molar-refractivity contribution in [3.8, 4) is 0 Å². The Morgan fingerprint density at radius 2 is 2.13 bits per heavy atom. The van der Waals surface area contributed by atoms with E-state index in [0.29, 0.717) is 6.04 Å². The molecule has 0 radical (unpaired) electrons. The molecular weight excluding hydrogens is 190 g/mol. The van der Waals surface area contributed by atoms with Gasteiger partial charge in [0.25, 0.3) is 0 Å². The third-order valence-corrected chi connectivity index (χ3v) is 3.21. The average Bonchev–Trinajstić information content (AvgIpc) is 2.29. The molecule has 4 nitrogen and oxygen atoms in total. The van der Waals surface area contributed by atoms with Crippen molar-refractivity contribution >= 4 is 6.41 Å². The van der Waals surface area contributed by atoms with Gasteiger partial charge in [-0.2, -0.15) is 0 Å². The lowest BCUT2D eigenvalue weighted by Gasteiger charge is -2.35. The van der Waals surface area contributed by atoms with E-state index >= 15 is 0 Å². The third kappa shape index (κ3) is 4.18. The zero-order valence-corrected chi connectivity index (χ0v) is 9.91. The van der Waals surface area contributed by atoms with E-state index in [-0.39, 0.29) is 0 Å². The first-order chi connectivity index (χ1) is 7.27. The lowest BCUT2D eigenvalue weighted by atomic mass is 10.0. The molecule has 0 saturated carbocycles. The maximum Gasteiger partial charge on any atom is 0.209 e. The summed E-state index contributed by atoms with van der Waals surface area (Å²) in [6.45, 7) is 4.07. The van der Waals surface area contributed by atoms with Gasteiger partial charge >= 0.3 is 0 Å². The normalized spacial score (nSPS) is 18.5. The van der Waals surface area contributed by atoms with Gasteiger partial charge < -0.3 is 15.1 Å². The molecule has 1 saturated heterocycles. The fourth-order valence-electron chi connectivity index (χ4n) is 2.12. The minimum absolute atomic E-state index is 0.665. The molecule has 1 N–H and O–H groups in total. The fraction of sp³-hybridized carbons (Fsp3) is 0.909. The van der Waals surface area contributed by atoms with Crippen molar-refractivity contribution in [1.29, 1.82) is 0 Å². The first kappa shape index (κ1) is 12.5. The van der Waals surface area contributed by atoms with E-state index in [1.807, 2.05) is 11.9 Å². The summed E-state index contributed by atoms with van der Waals surface area (Å²) in [6, 6.07) is 0.665. The Morgan fingerprint density at radius 3 is 2.67 bits per heavy atom. The van der Waals surface area contributed by atoms with Crippen molar-refractivity contribution in [2.24, 2.45) is 0 Å². The SMILES string of the molecule is CNCCCN(C)C1CCN(C=O)CC1. The Hall–Kier alpha value is -0.610. The number of amides is 1. The van der Waals surface area contributed by atoms with Gasteiger partial charge in [-0.3, -0.25) is 4.79 Å². The second-order valence-electron chi connectivity index (χ2n) is 4.31. The molecule has 1 heterocycles. The number of nitrogens with one attached hydrogen (secondary N) is 1. The summed E-state index contributed by atoms with van der Waals surface area (Å²) in [5.41, 5.74) is 0. The molecule has 15 heavy (non-hydrogen) atoms. The molecule has 1 aliphatic heterocycles. The van der Waals surface area contributed by atoms with Gasteiger partial charge in [-0.05, 0) is 46.4 Å². The molecule has 1 fully saturated rings. The van der Waals surface area contributed by atoms with Gasteiger partial charge in [-0.15, -0.1) is 0 Å². The molecule has 0 aromatic carbocycles. The zero-order valence-electron chi connectivity index (χ0n) is 9.91. The number of rotatable bonds is 6. The van der Waals surface area contributed by atoms with Crippen LogP contribution >= 0.6 is 0 Å². The van der Waals surface area contributed by atoms with E-state index in [1.54, 1.807) is 0 Å². The molecular formula is C11H23N3O. The first-order valence-corrected chi connectivity index (χ1v) is 5.82. The lowest BCUT2D eigenvalue weighted by molar-refractivity contribution is -0.119. The lowest BCUT2D eigenvalue weighted by Crippen LogP contribution is -2.43. The third-order valence-electron chi connectivity index (χ3n) is 3.21. The minimum Gasteiger partial charge on any atom is -0.345 e. The van der Waals surface area contributed by atoms with Gasteiger partial charge in [-0.1, -0.05) is 0 Å². The Morgan fingerprint density at radius 1 is 1.47 bits per heavy atom. The molecule has 0 atom stereocenters. The summed E-state index contributed by atoms with van der Waals surface area (Å²) in [5, 5.41) is 3.16. The van der Waals surface area contributed by atoms with Crippen molar-refractivity contribution in [3.05, 3.63) is 0 Å². The summed E-state index contributed by atoms with van der Waals surface area (Å²) in [4.78, 5) is 14.9. The van der Waals surface area contributed by atoms with Crippen LogP contribution in [0.15, 0.2) is 0 Å². The maximum atomic E-state index is 10.6. The molecule has 0 unspecified atom stereocenters. The van der Waals surface area contributed by atoms with Gasteiger partial charge in [-0.25, -0.2) is 0 Å². The number of hydrogen-bond donors (Lipinski definition) is 1. The molecule has 1 aliphatic rings. The van der Waals surface area contributed by atoms with Crippen LogP contribution in [0, 0.1) is 0 Å². The van der Waals surface area contributed by atoms with Crippen molar-refractivity contribution in [3.63, 3.8) is 0 Å². The molecule has 1 amide bonds. The molecule has 0 bridgehead atoms. The van der Waals surface area contributed by atoms with E-state index in [0.717, 1.165) is 45.4 Å². The summed E-state index contributed by atoms with van der Waals surface area (Å²) < 4.78 is 0. The Kier molecular flexibility index (Phi) is 5.65. The number of piperidine rings is 1. The van der Waals surface area contributed by atoms with Crippen LogP contribution < -0.4 is 5.32 Å². The summed E-state index contributed by atoms with van der Waals surface area (Å²) in [6.07, 6.45) is 4.40. The van der Waals surface area contributed by atoms with Gasteiger partial charge in [0.2, 0.25) is 6.41 Å². The highest BCUT2D eigenvalue weighted by Gasteiger charge is 2.20. The van der Waals surface area contributed by atoms with Gasteiger partial charge in [0.1, 0.15) is 0 Å². The Balaban J connectivity index is 2.17. The van der Waals surface area contributed by atoms with Crippen molar-refractivity contribution < 1.29 is 4.79 Å². The molecule has 1 rings (SSSR count). The summed E-state index contributed by atoms with van der Waals surface area (Å²) >= 11 is 0. The van der Waals surface area contributed by atoms with Gasteiger partial charge in [0.15, 0.2) is 0 Å². The fourth-order valence-corrected chi connectivity index (χ4v) is 2.12. The monoisotopic (exact) mass is 213 g/mol. The number of carbonyl (C=O) groups excluding carboxylic acids is 1. The number of nitrogens with zero attached hydrogens (tertiary/aromatic N) is 2. The molecule has 0 aliphatic carbocycles. The summed E-state index contributed by atoms with van der Waals surface area (Å²) in [5.74, 6) is 0. The zero-order chi connectivity index (χ0) is 11.1. The van der Waals surface area contributed by atoms with Crippen molar-refractivity contribution in [2.75, 3.05) is 40.3 Å². The number of likely N-dealkylation sites (tertiary alicyclic amines) is 1. The standard InChI is InChI=1S/C11H23N3O/c1-12-6-3-7-13(2)11-4-8-14(10-15)9-5-11/h10-12H,3-9H2,1-2H3. The molecule has 0 aromatic heterocycles. The predicted octanol–water partition coefficient (Wildman–Crippen LogP) is 0.149. The number of carbonyl (C=O) groups is 1. The second kappa shape index (κ2) is 6.80. The van der Waals surface area contributed by atoms with E-state index in [1.165, 1.54) is 6.42 Å². The van der Waals surface area contributed by atoms with E-state index in [2.05, 4.69) is 17.3 Å². The first-order valence-electron chi connectivity index (χ1n) is 5.82. The van der Waals surface area contributed by atoms with Gasteiger partial charge in [0, 0.05) is 19.1 Å². The van der Waals surface area contributed by atoms with Crippen LogP contribution in [-0.2, 0) is 4.79 Å². The van der Waals surface area contributed by atoms with Crippen LogP contribution in [0.1, 0.15) is 19.3 Å². The quantitative estimate of drug-likeness (QED) is 0.504. The minimum atomic E-state index is 0.665. The van der Waals surface area contributed by atoms with Crippen molar-refractivity contribution in [1.82, 2.24) is 15.1 Å². The molecule has 88 valence electrons. The van der Waals surface area contributed by atoms with E-state index < -0.39 is 0 Å². The predicted molar refractivity (Wildman–Crippen MR) is 61.8 cm³/mol. The van der Waals surface area contributed by atoms with Crippen LogP contribution in [-0.4, -0.2) is 62.5 Å². The molecule has 0 aromatic rings. The second-order valence-corrected chi connectivity index (χ2v) is 4.31. The largest absolute Gasteiger partial charge is 0.345 e. The van der Waals surface area contributed by atoms with Crippen LogP contribution in [0.25, 0.3) is 0 Å². The maximum absolute atomic E-state index is 10.6.